The molecule has 0 aliphatic rings. The average molecular weight is 658 g/mol. The number of fused-ring (bicyclic) bond motifs is 3. The first-order valence-electron chi connectivity index (χ1n) is 16.9. The summed E-state index contributed by atoms with van der Waals surface area (Å²) >= 11 is 1.86. The van der Waals surface area contributed by atoms with Gasteiger partial charge in [0.1, 0.15) is 0 Å². The molecule has 0 bridgehead atoms. The molecule has 1 nitrogen and oxygen atoms in total. The van der Waals surface area contributed by atoms with Crippen molar-refractivity contribution in [1.82, 2.24) is 0 Å². The van der Waals surface area contributed by atoms with E-state index in [1.54, 1.807) is 0 Å². The highest BCUT2D eigenvalue weighted by molar-refractivity contribution is 7.25. The fourth-order valence-corrected chi connectivity index (χ4v) is 7.78. The molecule has 1 aromatic heterocycles. The predicted molar refractivity (Wildman–Crippen MR) is 218 cm³/mol. The summed E-state index contributed by atoms with van der Waals surface area (Å²) in [7, 11) is 0. The Morgan fingerprint density at radius 3 is 1.86 bits per heavy atom. The van der Waals surface area contributed by atoms with Gasteiger partial charge in [-0.25, -0.2) is 4.99 Å². The van der Waals surface area contributed by atoms with Crippen LogP contribution in [-0.2, 0) is 0 Å². The Morgan fingerprint density at radius 1 is 0.520 bits per heavy atom. The molecule has 0 saturated carbocycles. The van der Waals surface area contributed by atoms with Crippen molar-refractivity contribution in [2.45, 2.75) is 6.92 Å². The number of thiophene rings is 1. The van der Waals surface area contributed by atoms with E-state index in [1.165, 1.54) is 59.1 Å². The van der Waals surface area contributed by atoms with E-state index in [1.807, 2.05) is 35.6 Å². The fraction of sp³-hybridized carbons (Fsp3) is 0.0208. The van der Waals surface area contributed by atoms with Crippen LogP contribution in [0, 0.1) is 0 Å². The van der Waals surface area contributed by atoms with E-state index >= 15 is 0 Å². The van der Waals surface area contributed by atoms with E-state index in [0.717, 1.165) is 28.1 Å². The molecular formula is C48H35NS. The second-order valence-corrected chi connectivity index (χ2v) is 13.6. The van der Waals surface area contributed by atoms with Crippen molar-refractivity contribution in [2.24, 2.45) is 4.99 Å². The molecule has 0 aliphatic heterocycles. The van der Waals surface area contributed by atoms with Gasteiger partial charge in [-0.1, -0.05) is 164 Å². The van der Waals surface area contributed by atoms with Crippen LogP contribution >= 0.6 is 11.3 Å². The lowest BCUT2D eigenvalue weighted by Gasteiger charge is -2.17. The quantitative estimate of drug-likeness (QED) is 0.144. The Morgan fingerprint density at radius 2 is 1.12 bits per heavy atom. The van der Waals surface area contributed by atoms with Gasteiger partial charge in [-0.2, -0.15) is 0 Å². The molecule has 0 radical (unpaired) electrons. The summed E-state index contributed by atoms with van der Waals surface area (Å²) in [6.45, 7) is 6.51. The van der Waals surface area contributed by atoms with E-state index in [-0.39, 0.29) is 0 Å². The number of benzene rings is 7. The van der Waals surface area contributed by atoms with E-state index in [4.69, 9.17) is 4.99 Å². The highest BCUT2D eigenvalue weighted by atomic mass is 32.1. The van der Waals surface area contributed by atoms with Crippen molar-refractivity contribution < 1.29 is 0 Å². The largest absolute Gasteiger partial charge is 0.248 e. The molecule has 0 saturated heterocycles. The second-order valence-electron chi connectivity index (χ2n) is 12.5. The molecule has 238 valence electrons. The lowest BCUT2D eigenvalue weighted by molar-refractivity contribution is 1.49. The first-order valence-corrected chi connectivity index (χ1v) is 17.7. The van der Waals surface area contributed by atoms with Crippen molar-refractivity contribution in [1.29, 1.82) is 0 Å². The summed E-state index contributed by atoms with van der Waals surface area (Å²) in [6.07, 6.45) is 2.20. The Bertz CT molecular complexity index is 2520. The summed E-state index contributed by atoms with van der Waals surface area (Å²) in [6, 6.07) is 62.4. The minimum absolute atomic E-state index is 0.733. The van der Waals surface area contributed by atoms with E-state index in [0.29, 0.717) is 0 Å². The van der Waals surface area contributed by atoms with Crippen molar-refractivity contribution in [2.75, 3.05) is 0 Å². The van der Waals surface area contributed by atoms with Gasteiger partial charge >= 0.3 is 0 Å². The maximum Gasteiger partial charge on any atom is 0.0712 e. The maximum absolute atomic E-state index is 5.08. The van der Waals surface area contributed by atoms with Gasteiger partial charge in [0.2, 0.25) is 0 Å². The zero-order valence-corrected chi connectivity index (χ0v) is 28.7. The Labute approximate surface area is 297 Å². The van der Waals surface area contributed by atoms with Gasteiger partial charge in [0.15, 0.2) is 0 Å². The standard InChI is InChI=1S/C48H35NS/c1-33(31-45(38-17-8-4-9-18-38)49-34(2)35-15-6-3-7-16-35)41-22-14-23-42(48(41)39-19-10-5-11-20-39)37-27-25-36(26-28-37)40-29-30-47-44(32-40)43-21-12-13-24-46(43)50-47/h3-32H,2H2,1H3/b33-31+,49-45+. The molecule has 0 atom stereocenters. The molecule has 0 N–H and O–H groups in total. The third-order valence-corrected chi connectivity index (χ3v) is 10.4. The topological polar surface area (TPSA) is 12.4 Å². The summed E-state index contributed by atoms with van der Waals surface area (Å²) < 4.78 is 2.65. The zero-order valence-electron chi connectivity index (χ0n) is 27.9. The van der Waals surface area contributed by atoms with Gasteiger partial charge in [-0.05, 0) is 81.3 Å². The van der Waals surface area contributed by atoms with Crippen LogP contribution < -0.4 is 0 Å². The Balaban J connectivity index is 1.21. The molecular weight excluding hydrogens is 623 g/mol. The fourth-order valence-electron chi connectivity index (χ4n) is 6.70. The third-order valence-electron chi connectivity index (χ3n) is 9.24. The minimum atomic E-state index is 0.733. The van der Waals surface area contributed by atoms with Gasteiger partial charge in [-0.15, -0.1) is 11.3 Å². The molecule has 2 heteroatoms. The van der Waals surface area contributed by atoms with Crippen LogP contribution in [-0.4, -0.2) is 5.71 Å². The number of nitrogens with zero attached hydrogens (tertiary/aromatic N) is 1. The number of aliphatic imine (C=N–C) groups is 1. The Kier molecular flexibility index (Phi) is 8.61. The second kappa shape index (κ2) is 13.8. The van der Waals surface area contributed by atoms with Crippen molar-refractivity contribution >= 4 is 48.5 Å². The molecule has 0 unspecified atom stereocenters. The van der Waals surface area contributed by atoms with Crippen molar-refractivity contribution in [3.63, 3.8) is 0 Å². The van der Waals surface area contributed by atoms with E-state index in [9.17, 15) is 0 Å². The van der Waals surface area contributed by atoms with E-state index < -0.39 is 0 Å². The van der Waals surface area contributed by atoms with Gasteiger partial charge < -0.3 is 0 Å². The molecule has 50 heavy (non-hydrogen) atoms. The Hall–Kier alpha value is -6.09. The van der Waals surface area contributed by atoms with Crippen LogP contribution in [0.15, 0.2) is 194 Å². The van der Waals surface area contributed by atoms with E-state index in [2.05, 4.69) is 171 Å². The predicted octanol–water partition coefficient (Wildman–Crippen LogP) is 13.6. The first kappa shape index (κ1) is 31.2. The lowest BCUT2D eigenvalue weighted by Crippen LogP contribution is -2.00. The number of hydrogen-bond donors (Lipinski definition) is 0. The van der Waals surface area contributed by atoms with Gasteiger partial charge in [0, 0.05) is 25.7 Å². The summed E-state index contributed by atoms with van der Waals surface area (Å²) in [5.41, 5.74) is 13.2. The van der Waals surface area contributed by atoms with Gasteiger partial charge in [0.25, 0.3) is 0 Å². The van der Waals surface area contributed by atoms with Crippen molar-refractivity contribution in [3.05, 3.63) is 205 Å². The number of hydrogen-bond acceptors (Lipinski definition) is 2. The summed E-state index contributed by atoms with van der Waals surface area (Å²) in [5.74, 6) is 0. The summed E-state index contributed by atoms with van der Waals surface area (Å²) in [5, 5.41) is 2.64. The SMILES string of the molecule is C=C(/N=C(\C=C(/C)c1cccc(-c2ccc(-c3ccc4sc5ccccc5c4c3)cc2)c1-c1ccccc1)c1ccccc1)c1ccccc1. The monoisotopic (exact) mass is 657 g/mol. The molecule has 0 amide bonds. The minimum Gasteiger partial charge on any atom is -0.248 e. The van der Waals surface area contributed by atoms with Crippen LogP contribution in [0.1, 0.15) is 23.6 Å². The molecule has 0 spiro atoms. The zero-order chi connectivity index (χ0) is 33.9. The third kappa shape index (κ3) is 6.25. The molecule has 7 aromatic carbocycles. The molecule has 0 aliphatic carbocycles. The smallest absolute Gasteiger partial charge is 0.0712 e. The van der Waals surface area contributed by atoms with Crippen LogP contribution in [0.5, 0.6) is 0 Å². The maximum atomic E-state index is 5.08. The molecule has 1 heterocycles. The van der Waals surface area contributed by atoms with Gasteiger partial charge in [-0.3, -0.25) is 0 Å². The number of allylic oxidation sites excluding steroid dienone is 2. The normalized spacial score (nSPS) is 12.0. The van der Waals surface area contributed by atoms with Crippen molar-refractivity contribution in [3.8, 4) is 33.4 Å². The van der Waals surface area contributed by atoms with Gasteiger partial charge in [0.05, 0.1) is 11.4 Å². The van der Waals surface area contributed by atoms with Crippen LogP contribution in [0.25, 0.3) is 64.8 Å². The van der Waals surface area contributed by atoms with Crippen LogP contribution in [0.4, 0.5) is 0 Å². The first-order chi connectivity index (χ1) is 24.6. The average Bonchev–Trinajstić information content (AvgIpc) is 3.56. The van der Waals surface area contributed by atoms with Crippen LogP contribution in [0.2, 0.25) is 0 Å². The highest BCUT2D eigenvalue weighted by Gasteiger charge is 2.15. The highest BCUT2D eigenvalue weighted by Crippen LogP contribution is 2.40. The molecule has 0 fully saturated rings. The lowest BCUT2D eigenvalue weighted by atomic mass is 9.87. The molecule has 8 rings (SSSR count). The number of rotatable bonds is 8. The molecule has 8 aromatic rings. The van der Waals surface area contributed by atoms with Crippen LogP contribution in [0.3, 0.4) is 0 Å². The summed E-state index contributed by atoms with van der Waals surface area (Å²) in [4.78, 5) is 5.08.